The molecule has 0 aliphatic carbocycles. The van der Waals surface area contributed by atoms with E-state index in [1.165, 1.54) is 36.4 Å². The van der Waals surface area contributed by atoms with Gasteiger partial charge in [-0.05, 0) is 30.7 Å². The Hall–Kier alpha value is -2.53. The molecule has 0 aliphatic rings. The Kier molecular flexibility index (Phi) is 3.96. The average molecular weight is 335 g/mol. The number of carbonyl (C=O) groups excluding carboxylic acids is 1. The van der Waals surface area contributed by atoms with E-state index in [0.717, 1.165) is 0 Å². The molecule has 1 aromatic heterocycles. The first kappa shape index (κ1) is 15.4. The van der Waals surface area contributed by atoms with Gasteiger partial charge in [0.25, 0.3) is 0 Å². The van der Waals surface area contributed by atoms with E-state index in [-0.39, 0.29) is 28.7 Å². The number of benzene rings is 2. The molecule has 0 saturated heterocycles. The lowest BCUT2D eigenvalue weighted by molar-refractivity contribution is 0.0494. The van der Waals surface area contributed by atoms with E-state index in [4.69, 9.17) is 20.8 Å². The van der Waals surface area contributed by atoms with Crippen LogP contribution < -0.4 is 0 Å². The van der Waals surface area contributed by atoms with Gasteiger partial charge in [-0.2, -0.15) is 0 Å². The topological polar surface area (TPSA) is 59.7 Å². The summed E-state index contributed by atoms with van der Waals surface area (Å²) in [5.41, 5.74) is 1.31. The van der Waals surface area contributed by atoms with Crippen molar-refractivity contribution in [3.8, 4) is 16.9 Å². The van der Waals surface area contributed by atoms with Crippen molar-refractivity contribution in [2.75, 3.05) is 6.61 Å². The predicted molar refractivity (Wildman–Crippen MR) is 84.2 cm³/mol. The molecule has 3 rings (SSSR count). The van der Waals surface area contributed by atoms with Crippen LogP contribution in [-0.4, -0.2) is 17.7 Å². The summed E-state index contributed by atoms with van der Waals surface area (Å²) in [7, 11) is 0. The van der Waals surface area contributed by atoms with Gasteiger partial charge in [0.1, 0.15) is 17.1 Å². The van der Waals surface area contributed by atoms with Crippen LogP contribution in [0.1, 0.15) is 17.5 Å². The predicted octanol–water partition coefficient (Wildman–Crippen LogP) is 4.77. The number of hydrogen-bond donors (Lipinski definition) is 1. The highest BCUT2D eigenvalue weighted by atomic mass is 35.5. The van der Waals surface area contributed by atoms with E-state index < -0.39 is 11.8 Å². The average Bonchev–Trinajstić information content (AvgIpc) is 2.87. The van der Waals surface area contributed by atoms with Crippen LogP contribution in [0, 0.1) is 5.82 Å². The zero-order valence-electron chi connectivity index (χ0n) is 12.1. The van der Waals surface area contributed by atoms with Gasteiger partial charge in [-0.15, -0.1) is 0 Å². The SMILES string of the molecule is CCOC(=O)c1oc2cc(O)c(Cl)cc2c1-c1ccc(F)cc1. The second-order valence-electron chi connectivity index (χ2n) is 4.83. The van der Waals surface area contributed by atoms with E-state index in [1.54, 1.807) is 6.92 Å². The summed E-state index contributed by atoms with van der Waals surface area (Å²) >= 11 is 5.95. The minimum absolute atomic E-state index is 0.0184. The summed E-state index contributed by atoms with van der Waals surface area (Å²) in [6.07, 6.45) is 0. The number of aromatic hydroxyl groups is 1. The van der Waals surface area contributed by atoms with Crippen molar-refractivity contribution in [1.29, 1.82) is 0 Å². The molecule has 0 atom stereocenters. The first-order chi connectivity index (χ1) is 11.0. The maximum atomic E-state index is 13.2. The van der Waals surface area contributed by atoms with Crippen LogP contribution in [0.15, 0.2) is 40.8 Å². The van der Waals surface area contributed by atoms with Gasteiger partial charge in [0, 0.05) is 17.0 Å². The van der Waals surface area contributed by atoms with Crippen molar-refractivity contribution in [3.05, 3.63) is 53.0 Å². The minimum atomic E-state index is -0.640. The van der Waals surface area contributed by atoms with E-state index >= 15 is 0 Å². The van der Waals surface area contributed by atoms with E-state index in [9.17, 15) is 14.3 Å². The molecule has 3 aromatic rings. The number of ether oxygens (including phenoxy) is 1. The normalized spacial score (nSPS) is 10.9. The number of rotatable bonds is 3. The summed E-state index contributed by atoms with van der Waals surface area (Å²) in [6, 6.07) is 8.45. The van der Waals surface area contributed by atoms with Crippen molar-refractivity contribution in [1.82, 2.24) is 0 Å². The highest BCUT2D eigenvalue weighted by Gasteiger charge is 2.24. The van der Waals surface area contributed by atoms with Crippen molar-refractivity contribution >= 4 is 28.5 Å². The van der Waals surface area contributed by atoms with Gasteiger partial charge < -0.3 is 14.3 Å². The molecule has 118 valence electrons. The van der Waals surface area contributed by atoms with Crippen LogP contribution in [0.4, 0.5) is 4.39 Å². The van der Waals surface area contributed by atoms with E-state index in [2.05, 4.69) is 0 Å². The Morgan fingerprint density at radius 2 is 2.00 bits per heavy atom. The molecule has 0 amide bonds. The summed E-state index contributed by atoms with van der Waals surface area (Å²) in [6.45, 7) is 1.87. The maximum absolute atomic E-state index is 13.2. The van der Waals surface area contributed by atoms with E-state index in [1.807, 2.05) is 0 Å². The Balaban J connectivity index is 2.30. The fraction of sp³-hybridized carbons (Fsp3) is 0.118. The lowest BCUT2D eigenvalue weighted by atomic mass is 10.0. The molecule has 2 aromatic carbocycles. The minimum Gasteiger partial charge on any atom is -0.506 e. The molecule has 0 aliphatic heterocycles. The smallest absolute Gasteiger partial charge is 0.374 e. The Morgan fingerprint density at radius 3 is 2.65 bits per heavy atom. The molecule has 0 spiro atoms. The molecule has 0 fully saturated rings. The number of esters is 1. The van der Waals surface area contributed by atoms with Crippen LogP contribution in [0.5, 0.6) is 5.75 Å². The molecular weight excluding hydrogens is 323 g/mol. The second-order valence-corrected chi connectivity index (χ2v) is 5.24. The monoisotopic (exact) mass is 334 g/mol. The highest BCUT2D eigenvalue weighted by molar-refractivity contribution is 6.33. The molecule has 0 radical (unpaired) electrons. The Labute approximate surface area is 136 Å². The molecule has 6 heteroatoms. The van der Waals surface area contributed by atoms with Crippen molar-refractivity contribution in [2.45, 2.75) is 6.92 Å². The summed E-state index contributed by atoms with van der Waals surface area (Å²) < 4.78 is 23.7. The number of furan rings is 1. The molecular formula is C17H12ClFO4. The van der Waals surface area contributed by atoms with Gasteiger partial charge in [0.15, 0.2) is 0 Å². The van der Waals surface area contributed by atoms with Crippen LogP contribution in [-0.2, 0) is 4.74 Å². The van der Waals surface area contributed by atoms with Crippen LogP contribution in [0.25, 0.3) is 22.1 Å². The number of fused-ring (bicyclic) bond motifs is 1. The van der Waals surface area contributed by atoms with Crippen molar-refractivity contribution in [3.63, 3.8) is 0 Å². The number of hydrogen-bond acceptors (Lipinski definition) is 4. The summed E-state index contributed by atoms with van der Waals surface area (Å²) in [5.74, 6) is -1.21. The largest absolute Gasteiger partial charge is 0.506 e. The zero-order valence-corrected chi connectivity index (χ0v) is 12.9. The maximum Gasteiger partial charge on any atom is 0.374 e. The fourth-order valence-corrected chi connectivity index (χ4v) is 2.51. The molecule has 1 heterocycles. The third kappa shape index (κ3) is 2.75. The van der Waals surface area contributed by atoms with Crippen molar-refractivity contribution < 1.29 is 23.4 Å². The van der Waals surface area contributed by atoms with Gasteiger partial charge in [-0.1, -0.05) is 23.7 Å². The molecule has 0 unspecified atom stereocenters. The summed E-state index contributed by atoms with van der Waals surface area (Å²) in [4.78, 5) is 12.2. The summed E-state index contributed by atoms with van der Waals surface area (Å²) in [5, 5.41) is 10.4. The number of phenols is 1. The standard InChI is InChI=1S/C17H12ClFO4/c1-2-22-17(21)16-15(9-3-5-10(19)6-4-9)11-7-12(18)13(20)8-14(11)23-16/h3-8,20H,2H2,1H3. The van der Waals surface area contributed by atoms with Gasteiger partial charge >= 0.3 is 5.97 Å². The van der Waals surface area contributed by atoms with Gasteiger partial charge in [0.2, 0.25) is 5.76 Å². The van der Waals surface area contributed by atoms with Crippen LogP contribution in [0.3, 0.4) is 0 Å². The second kappa shape index (κ2) is 5.93. The van der Waals surface area contributed by atoms with Gasteiger partial charge in [0.05, 0.1) is 11.6 Å². The first-order valence-electron chi connectivity index (χ1n) is 6.89. The molecule has 0 bridgehead atoms. The van der Waals surface area contributed by atoms with E-state index in [0.29, 0.717) is 16.5 Å². The van der Waals surface area contributed by atoms with Crippen LogP contribution >= 0.6 is 11.6 Å². The molecule has 4 nitrogen and oxygen atoms in total. The third-order valence-electron chi connectivity index (χ3n) is 3.35. The van der Waals surface area contributed by atoms with Crippen LogP contribution in [0.2, 0.25) is 5.02 Å². The molecule has 1 N–H and O–H groups in total. The Morgan fingerprint density at radius 1 is 1.30 bits per heavy atom. The molecule has 23 heavy (non-hydrogen) atoms. The quantitative estimate of drug-likeness (QED) is 0.700. The fourth-order valence-electron chi connectivity index (χ4n) is 2.35. The zero-order chi connectivity index (χ0) is 16.6. The lowest BCUT2D eigenvalue weighted by Crippen LogP contribution is -2.04. The van der Waals surface area contributed by atoms with Gasteiger partial charge in [-0.3, -0.25) is 0 Å². The third-order valence-corrected chi connectivity index (χ3v) is 3.65. The number of phenolic OH excluding ortho intramolecular Hbond substituents is 1. The van der Waals surface area contributed by atoms with Gasteiger partial charge in [-0.25, -0.2) is 9.18 Å². The number of carbonyl (C=O) groups is 1. The molecule has 0 saturated carbocycles. The first-order valence-corrected chi connectivity index (χ1v) is 7.27. The highest BCUT2D eigenvalue weighted by Crippen LogP contribution is 2.39. The lowest BCUT2D eigenvalue weighted by Gasteiger charge is -2.04. The number of halogens is 2. The Bertz CT molecular complexity index is 884. The van der Waals surface area contributed by atoms with Crippen molar-refractivity contribution in [2.24, 2.45) is 0 Å².